The summed E-state index contributed by atoms with van der Waals surface area (Å²) in [6, 6.07) is 0. The molecule has 76 valence electrons. The van der Waals surface area contributed by atoms with E-state index in [0.29, 0.717) is 6.61 Å². The number of amidine groups is 1. The lowest BCUT2D eigenvalue weighted by atomic mass is 10.5. The van der Waals surface area contributed by atoms with Crippen molar-refractivity contribution in [3.05, 3.63) is 0 Å². The Morgan fingerprint density at radius 1 is 1.38 bits per heavy atom. The van der Waals surface area contributed by atoms with Crippen molar-refractivity contribution in [3.8, 4) is 0 Å². The highest BCUT2D eigenvalue weighted by molar-refractivity contribution is 7.37. The zero-order valence-electron chi connectivity index (χ0n) is 8.78. The van der Waals surface area contributed by atoms with Crippen molar-refractivity contribution in [2.75, 3.05) is 19.7 Å². The van der Waals surface area contributed by atoms with Gasteiger partial charge in [-0.15, -0.1) is 4.52 Å². The molecule has 0 aliphatic heterocycles. The van der Waals surface area contributed by atoms with Gasteiger partial charge in [0.2, 0.25) is 0 Å². The van der Waals surface area contributed by atoms with Gasteiger partial charge in [0.05, 0.1) is 0 Å². The largest absolute Gasteiger partial charge is 0.671 e. The van der Waals surface area contributed by atoms with Crippen LogP contribution in [0, 0.1) is 0 Å². The SMILES string of the molecule is CCO[P+](=O)/N=C(\C)N(CC)CC. The minimum atomic E-state index is -1.87. The quantitative estimate of drug-likeness (QED) is 0.393. The molecule has 0 aromatic carbocycles. The van der Waals surface area contributed by atoms with E-state index in [0.717, 1.165) is 18.9 Å². The van der Waals surface area contributed by atoms with Gasteiger partial charge in [-0.25, -0.2) is 0 Å². The molecule has 0 aliphatic carbocycles. The summed E-state index contributed by atoms with van der Waals surface area (Å²) in [5.41, 5.74) is 0. The van der Waals surface area contributed by atoms with Crippen LogP contribution in [0.1, 0.15) is 27.7 Å². The molecule has 0 aromatic heterocycles. The van der Waals surface area contributed by atoms with E-state index < -0.39 is 8.18 Å². The standard InChI is InChI=1S/C8H18N2O2P/c1-5-10(6-2)8(4)9-13(11)12-7-3/h5-7H2,1-4H3/q+1/b9-8+. The maximum atomic E-state index is 11.1. The van der Waals surface area contributed by atoms with Gasteiger partial charge in [0.15, 0.2) is 5.84 Å². The highest BCUT2D eigenvalue weighted by Crippen LogP contribution is 2.23. The maximum absolute atomic E-state index is 11.1. The minimum absolute atomic E-state index is 0.435. The highest BCUT2D eigenvalue weighted by Gasteiger charge is 2.17. The molecule has 5 heteroatoms. The normalized spacial score (nSPS) is 12.9. The molecule has 0 saturated heterocycles. The molecule has 0 spiro atoms. The Hall–Kier alpha value is -0.470. The lowest BCUT2D eigenvalue weighted by Gasteiger charge is -2.17. The summed E-state index contributed by atoms with van der Waals surface area (Å²) in [5.74, 6) is 0.777. The predicted octanol–water partition coefficient (Wildman–Crippen LogP) is 2.44. The predicted molar refractivity (Wildman–Crippen MR) is 55.3 cm³/mol. The molecule has 0 radical (unpaired) electrons. The second kappa shape index (κ2) is 6.98. The second-order valence-corrected chi connectivity index (χ2v) is 3.41. The van der Waals surface area contributed by atoms with Gasteiger partial charge in [-0.2, -0.15) is 0 Å². The summed E-state index contributed by atoms with van der Waals surface area (Å²) in [5, 5.41) is 0. The molecule has 13 heavy (non-hydrogen) atoms. The first-order chi connectivity index (χ1) is 6.15. The van der Waals surface area contributed by atoms with E-state index in [2.05, 4.69) is 4.76 Å². The summed E-state index contributed by atoms with van der Waals surface area (Å²) in [4.78, 5) is 2.03. The van der Waals surface area contributed by atoms with Crippen molar-refractivity contribution < 1.29 is 9.09 Å². The third-order valence-electron chi connectivity index (χ3n) is 1.69. The van der Waals surface area contributed by atoms with Crippen molar-refractivity contribution >= 4 is 14.0 Å². The molecule has 0 aromatic rings. The summed E-state index contributed by atoms with van der Waals surface area (Å²) in [6.07, 6.45) is 0. The van der Waals surface area contributed by atoms with Crippen LogP contribution < -0.4 is 0 Å². The third kappa shape index (κ3) is 4.96. The van der Waals surface area contributed by atoms with E-state index in [9.17, 15) is 4.57 Å². The Bertz CT molecular complexity index is 191. The number of nitrogens with zero attached hydrogens (tertiary/aromatic N) is 2. The first-order valence-electron chi connectivity index (χ1n) is 4.55. The van der Waals surface area contributed by atoms with Crippen molar-refractivity contribution in [2.45, 2.75) is 27.7 Å². The van der Waals surface area contributed by atoms with E-state index in [-0.39, 0.29) is 0 Å². The Morgan fingerprint density at radius 3 is 2.31 bits per heavy atom. The fraction of sp³-hybridized carbons (Fsp3) is 0.875. The van der Waals surface area contributed by atoms with Gasteiger partial charge in [-0.05, 0) is 27.7 Å². The van der Waals surface area contributed by atoms with Crippen LogP contribution in [0.3, 0.4) is 0 Å². The molecule has 1 atom stereocenters. The molecule has 0 aliphatic rings. The van der Waals surface area contributed by atoms with Crippen LogP contribution in [0.15, 0.2) is 4.76 Å². The fourth-order valence-electron chi connectivity index (χ4n) is 1.00. The lowest BCUT2D eigenvalue weighted by molar-refractivity contribution is 0.350. The Kier molecular flexibility index (Phi) is 6.73. The maximum Gasteiger partial charge on any atom is 0.671 e. The van der Waals surface area contributed by atoms with Crippen LogP contribution in [0.4, 0.5) is 0 Å². The first kappa shape index (κ1) is 12.5. The highest BCUT2D eigenvalue weighted by atomic mass is 31.1. The summed E-state index contributed by atoms with van der Waals surface area (Å²) >= 11 is 0. The Labute approximate surface area is 80.9 Å². The average molecular weight is 205 g/mol. The third-order valence-corrected chi connectivity index (χ3v) is 2.62. The van der Waals surface area contributed by atoms with Crippen molar-refractivity contribution in [3.63, 3.8) is 0 Å². The molecule has 0 N–H and O–H groups in total. The van der Waals surface area contributed by atoms with Crippen LogP contribution in [-0.2, 0) is 9.09 Å². The van der Waals surface area contributed by atoms with E-state index >= 15 is 0 Å². The molecule has 0 fully saturated rings. The molecule has 0 amide bonds. The van der Waals surface area contributed by atoms with Gasteiger partial charge in [-0.3, -0.25) is 0 Å². The van der Waals surface area contributed by atoms with Crippen molar-refractivity contribution in [2.24, 2.45) is 4.76 Å². The molecule has 0 rings (SSSR count). The van der Waals surface area contributed by atoms with Crippen LogP contribution in [0.5, 0.6) is 0 Å². The van der Waals surface area contributed by atoms with Crippen molar-refractivity contribution in [1.82, 2.24) is 4.90 Å². The molecule has 0 saturated carbocycles. The van der Waals surface area contributed by atoms with E-state index in [1.54, 1.807) is 6.92 Å². The molecule has 0 bridgehead atoms. The van der Waals surface area contributed by atoms with Gasteiger partial charge in [0.1, 0.15) is 6.61 Å². The second-order valence-electron chi connectivity index (χ2n) is 2.48. The monoisotopic (exact) mass is 205 g/mol. The molecular weight excluding hydrogens is 187 g/mol. The van der Waals surface area contributed by atoms with E-state index in [1.807, 2.05) is 25.7 Å². The Morgan fingerprint density at radius 2 is 1.92 bits per heavy atom. The lowest BCUT2D eigenvalue weighted by Crippen LogP contribution is -2.27. The zero-order valence-corrected chi connectivity index (χ0v) is 9.67. The van der Waals surface area contributed by atoms with Crippen LogP contribution in [0.25, 0.3) is 0 Å². The van der Waals surface area contributed by atoms with Gasteiger partial charge in [0.25, 0.3) is 0 Å². The van der Waals surface area contributed by atoms with Gasteiger partial charge >= 0.3 is 8.18 Å². The fourth-order valence-corrected chi connectivity index (χ4v) is 1.64. The topological polar surface area (TPSA) is 41.9 Å². The van der Waals surface area contributed by atoms with Crippen LogP contribution >= 0.6 is 8.18 Å². The minimum Gasteiger partial charge on any atom is -0.357 e. The molecule has 4 nitrogen and oxygen atoms in total. The number of hydrogen-bond acceptors (Lipinski definition) is 2. The van der Waals surface area contributed by atoms with Crippen LogP contribution in [0.2, 0.25) is 0 Å². The molecule has 1 unspecified atom stereocenters. The average Bonchev–Trinajstić information content (AvgIpc) is 2.06. The summed E-state index contributed by atoms with van der Waals surface area (Å²) in [6.45, 7) is 9.91. The summed E-state index contributed by atoms with van der Waals surface area (Å²) in [7, 11) is -1.87. The van der Waals surface area contributed by atoms with Crippen molar-refractivity contribution in [1.29, 1.82) is 0 Å². The smallest absolute Gasteiger partial charge is 0.357 e. The van der Waals surface area contributed by atoms with Gasteiger partial charge < -0.3 is 4.90 Å². The van der Waals surface area contributed by atoms with Crippen LogP contribution in [-0.4, -0.2) is 30.4 Å². The summed E-state index contributed by atoms with van der Waals surface area (Å²) < 4.78 is 19.9. The molecular formula is C8H18N2O2P+. The number of rotatable bonds is 5. The van der Waals surface area contributed by atoms with Gasteiger partial charge in [0, 0.05) is 22.4 Å². The number of hydrogen-bond donors (Lipinski definition) is 0. The zero-order chi connectivity index (χ0) is 10.3. The Balaban J connectivity index is 4.20. The molecule has 0 heterocycles. The first-order valence-corrected chi connectivity index (χ1v) is 5.69. The van der Waals surface area contributed by atoms with Gasteiger partial charge in [-0.1, -0.05) is 0 Å². The van der Waals surface area contributed by atoms with E-state index in [4.69, 9.17) is 4.52 Å². The van der Waals surface area contributed by atoms with E-state index in [1.165, 1.54) is 0 Å².